The predicted octanol–water partition coefficient (Wildman–Crippen LogP) is 2.66. The van der Waals surface area contributed by atoms with Crippen LogP contribution in [0.3, 0.4) is 0 Å². The van der Waals surface area contributed by atoms with Gasteiger partial charge in [0.05, 0.1) is 5.52 Å². The number of nitrogen functional groups attached to an aromatic ring is 1. The molecule has 0 atom stereocenters. The number of ether oxygens (including phenoxy) is 1. The third kappa shape index (κ3) is 2.79. The van der Waals surface area contributed by atoms with Gasteiger partial charge in [0, 0.05) is 42.7 Å². The first-order valence-corrected chi connectivity index (χ1v) is 6.79. The van der Waals surface area contributed by atoms with E-state index >= 15 is 0 Å². The molecule has 4 heteroatoms. The van der Waals surface area contributed by atoms with Crippen LogP contribution in [0.4, 0.5) is 11.4 Å². The van der Waals surface area contributed by atoms with Gasteiger partial charge in [-0.15, -0.1) is 0 Å². The van der Waals surface area contributed by atoms with Crippen LogP contribution >= 0.6 is 0 Å². The van der Waals surface area contributed by atoms with Crippen molar-refractivity contribution in [1.82, 2.24) is 4.98 Å². The van der Waals surface area contributed by atoms with Gasteiger partial charge in [-0.2, -0.15) is 0 Å². The molecule has 1 aliphatic rings. The zero-order valence-corrected chi connectivity index (χ0v) is 10.9. The van der Waals surface area contributed by atoms with E-state index in [0.29, 0.717) is 5.92 Å². The monoisotopic (exact) mass is 257 g/mol. The molecule has 0 radical (unpaired) electrons. The highest BCUT2D eigenvalue weighted by Crippen LogP contribution is 2.24. The second-order valence-electron chi connectivity index (χ2n) is 5.07. The van der Waals surface area contributed by atoms with Crippen molar-refractivity contribution in [3.63, 3.8) is 0 Å². The van der Waals surface area contributed by atoms with Gasteiger partial charge < -0.3 is 15.8 Å². The third-order valence-corrected chi connectivity index (χ3v) is 3.69. The maximum atomic E-state index is 5.79. The summed E-state index contributed by atoms with van der Waals surface area (Å²) in [6.45, 7) is 2.77. The Morgan fingerprint density at radius 2 is 2.11 bits per heavy atom. The maximum absolute atomic E-state index is 5.79. The molecule has 2 aromatic rings. The van der Waals surface area contributed by atoms with Crippen LogP contribution in [0.5, 0.6) is 0 Å². The van der Waals surface area contributed by atoms with Gasteiger partial charge in [0.15, 0.2) is 0 Å². The minimum Gasteiger partial charge on any atom is -0.399 e. The Kier molecular flexibility index (Phi) is 3.51. The lowest BCUT2D eigenvalue weighted by Gasteiger charge is -2.23. The average Bonchev–Trinajstić information content (AvgIpc) is 2.45. The summed E-state index contributed by atoms with van der Waals surface area (Å²) in [4.78, 5) is 4.36. The fourth-order valence-electron chi connectivity index (χ4n) is 2.52. The molecule has 3 N–H and O–H groups in total. The quantitative estimate of drug-likeness (QED) is 0.830. The molecule has 0 amide bonds. The highest BCUT2D eigenvalue weighted by molar-refractivity contribution is 5.92. The van der Waals surface area contributed by atoms with E-state index in [1.54, 1.807) is 0 Å². The summed E-state index contributed by atoms with van der Waals surface area (Å²) in [7, 11) is 0. The molecule has 1 aromatic heterocycles. The number of fused-ring (bicyclic) bond motifs is 1. The SMILES string of the molecule is Nc1ccc2c(NCC3CCOCC3)ccnc2c1. The van der Waals surface area contributed by atoms with E-state index in [1.165, 1.54) is 0 Å². The third-order valence-electron chi connectivity index (χ3n) is 3.69. The van der Waals surface area contributed by atoms with Gasteiger partial charge in [-0.25, -0.2) is 0 Å². The molecule has 1 aromatic carbocycles. The Labute approximate surface area is 113 Å². The Balaban J connectivity index is 1.76. The van der Waals surface area contributed by atoms with E-state index in [2.05, 4.69) is 10.3 Å². The van der Waals surface area contributed by atoms with E-state index in [9.17, 15) is 0 Å². The molecule has 0 spiro atoms. The van der Waals surface area contributed by atoms with Gasteiger partial charge in [0.2, 0.25) is 0 Å². The molecule has 4 nitrogen and oxygen atoms in total. The smallest absolute Gasteiger partial charge is 0.0743 e. The van der Waals surface area contributed by atoms with E-state index < -0.39 is 0 Å². The average molecular weight is 257 g/mol. The Morgan fingerprint density at radius 1 is 1.26 bits per heavy atom. The topological polar surface area (TPSA) is 60.2 Å². The van der Waals surface area contributed by atoms with Crippen molar-refractivity contribution in [2.75, 3.05) is 30.8 Å². The summed E-state index contributed by atoms with van der Waals surface area (Å²) in [6.07, 6.45) is 4.11. The van der Waals surface area contributed by atoms with Crippen molar-refractivity contribution in [2.45, 2.75) is 12.8 Å². The first-order valence-electron chi connectivity index (χ1n) is 6.79. The normalized spacial score (nSPS) is 16.6. The highest BCUT2D eigenvalue weighted by Gasteiger charge is 2.13. The molecule has 3 rings (SSSR count). The van der Waals surface area contributed by atoms with Gasteiger partial charge in [0.25, 0.3) is 0 Å². The van der Waals surface area contributed by atoms with Gasteiger partial charge in [0.1, 0.15) is 0 Å². The van der Waals surface area contributed by atoms with Gasteiger partial charge in [-0.05, 0) is 43.0 Å². The number of nitrogens with zero attached hydrogens (tertiary/aromatic N) is 1. The summed E-state index contributed by atoms with van der Waals surface area (Å²) < 4.78 is 5.38. The highest BCUT2D eigenvalue weighted by atomic mass is 16.5. The first kappa shape index (κ1) is 12.2. The molecular weight excluding hydrogens is 238 g/mol. The first-order chi connectivity index (χ1) is 9.33. The number of hydrogen-bond donors (Lipinski definition) is 2. The van der Waals surface area contributed by atoms with Gasteiger partial charge in [-0.1, -0.05) is 0 Å². The van der Waals surface area contributed by atoms with Crippen LogP contribution in [-0.4, -0.2) is 24.7 Å². The van der Waals surface area contributed by atoms with E-state index in [-0.39, 0.29) is 0 Å². The van der Waals surface area contributed by atoms with Crippen LogP contribution in [0.15, 0.2) is 30.5 Å². The number of benzene rings is 1. The zero-order valence-electron chi connectivity index (χ0n) is 10.9. The summed E-state index contributed by atoms with van der Waals surface area (Å²) in [5.74, 6) is 0.700. The number of pyridine rings is 1. The van der Waals surface area contributed by atoms with Crippen molar-refractivity contribution in [3.05, 3.63) is 30.5 Å². The number of rotatable bonds is 3. The second-order valence-corrected chi connectivity index (χ2v) is 5.07. The summed E-state index contributed by atoms with van der Waals surface area (Å²) in [6, 6.07) is 7.89. The minimum absolute atomic E-state index is 0.700. The molecule has 1 aliphatic heterocycles. The molecular formula is C15H19N3O. The lowest BCUT2D eigenvalue weighted by molar-refractivity contribution is 0.0699. The zero-order chi connectivity index (χ0) is 13.1. The number of anilines is 2. The van der Waals surface area contributed by atoms with Crippen LogP contribution < -0.4 is 11.1 Å². The van der Waals surface area contributed by atoms with E-state index in [4.69, 9.17) is 10.5 Å². The Hall–Kier alpha value is -1.81. The van der Waals surface area contributed by atoms with Crippen LogP contribution in [0.1, 0.15) is 12.8 Å². The molecule has 0 unspecified atom stereocenters. The Bertz CT molecular complexity index is 564. The van der Waals surface area contributed by atoms with Crippen molar-refractivity contribution >= 4 is 22.3 Å². The molecule has 100 valence electrons. The number of nitrogens with two attached hydrogens (primary N) is 1. The van der Waals surface area contributed by atoms with Crippen LogP contribution in [0.2, 0.25) is 0 Å². The number of hydrogen-bond acceptors (Lipinski definition) is 4. The summed E-state index contributed by atoms with van der Waals surface area (Å²) in [5.41, 5.74) is 8.62. The standard InChI is InChI=1S/C15H19N3O/c16-12-1-2-13-14(3-6-17-15(13)9-12)18-10-11-4-7-19-8-5-11/h1-3,6,9,11H,4-5,7-8,10,16H2,(H,17,18). The lowest BCUT2D eigenvalue weighted by atomic mass is 10.0. The van der Waals surface area contributed by atoms with Crippen molar-refractivity contribution in [3.8, 4) is 0 Å². The molecule has 2 heterocycles. The summed E-state index contributed by atoms with van der Waals surface area (Å²) >= 11 is 0. The second kappa shape index (κ2) is 5.45. The number of aromatic nitrogens is 1. The molecule has 0 aliphatic carbocycles. The molecule has 0 bridgehead atoms. The van der Waals surface area contributed by atoms with Crippen molar-refractivity contribution in [2.24, 2.45) is 5.92 Å². The van der Waals surface area contributed by atoms with Crippen LogP contribution in [0.25, 0.3) is 10.9 Å². The molecule has 0 saturated carbocycles. The minimum atomic E-state index is 0.700. The molecule has 1 saturated heterocycles. The van der Waals surface area contributed by atoms with Crippen LogP contribution in [-0.2, 0) is 4.74 Å². The van der Waals surface area contributed by atoms with E-state index in [1.807, 2.05) is 30.5 Å². The Morgan fingerprint density at radius 3 is 2.95 bits per heavy atom. The van der Waals surface area contributed by atoms with Crippen molar-refractivity contribution < 1.29 is 4.74 Å². The fraction of sp³-hybridized carbons (Fsp3) is 0.400. The number of nitrogens with one attached hydrogen (secondary N) is 1. The molecule has 19 heavy (non-hydrogen) atoms. The van der Waals surface area contributed by atoms with E-state index in [0.717, 1.165) is 54.9 Å². The summed E-state index contributed by atoms with van der Waals surface area (Å²) in [5, 5.41) is 4.67. The lowest BCUT2D eigenvalue weighted by Crippen LogP contribution is -2.22. The maximum Gasteiger partial charge on any atom is 0.0743 e. The fourth-order valence-corrected chi connectivity index (χ4v) is 2.52. The van der Waals surface area contributed by atoms with Gasteiger partial charge in [-0.3, -0.25) is 4.98 Å². The molecule has 1 fully saturated rings. The largest absolute Gasteiger partial charge is 0.399 e. The van der Waals surface area contributed by atoms with Gasteiger partial charge >= 0.3 is 0 Å². The van der Waals surface area contributed by atoms with Crippen molar-refractivity contribution in [1.29, 1.82) is 0 Å². The predicted molar refractivity (Wildman–Crippen MR) is 78.2 cm³/mol. The van der Waals surface area contributed by atoms with Crippen LogP contribution in [0, 0.1) is 5.92 Å².